The molecule has 7 heteroatoms. The molecule has 0 aliphatic carbocycles. The number of nitrogens with zero attached hydrogens (tertiary/aromatic N) is 4. The van der Waals surface area contributed by atoms with Gasteiger partial charge in [0.1, 0.15) is 0 Å². The summed E-state index contributed by atoms with van der Waals surface area (Å²) < 4.78 is 3.90. The molecule has 1 aliphatic heterocycles. The fraction of sp³-hybridized carbons (Fsp3) is 0.833. The molecule has 1 aliphatic rings. The summed E-state index contributed by atoms with van der Waals surface area (Å²) in [5.74, 6) is 0.753. The van der Waals surface area contributed by atoms with Crippen molar-refractivity contribution in [2.24, 2.45) is 5.92 Å². The molecule has 2 heterocycles. The van der Waals surface area contributed by atoms with E-state index in [-0.39, 0.29) is 0 Å². The zero-order valence-corrected chi connectivity index (χ0v) is 14.3. The molecular weight excluding hydrogens is 296 g/mol. The average molecular weight is 319 g/mol. The van der Waals surface area contributed by atoms with Gasteiger partial charge in [0.25, 0.3) is 0 Å². The second-order valence-electron chi connectivity index (χ2n) is 5.29. The van der Waals surface area contributed by atoms with Crippen LogP contribution in [-0.2, 0) is 6.67 Å². The normalized spacial score (nSPS) is 18.3. The molecule has 0 unspecified atom stereocenters. The first-order valence-corrected chi connectivity index (χ1v) is 9.10. The molecule has 0 radical (unpaired) electrons. The van der Waals surface area contributed by atoms with Crippen LogP contribution in [-0.4, -0.2) is 58.6 Å². The lowest BCUT2D eigenvalue weighted by atomic mass is 10.2. The molecule has 0 N–H and O–H groups in total. The summed E-state index contributed by atoms with van der Waals surface area (Å²) >= 11 is 8.63. The first-order chi connectivity index (χ1) is 9.08. The fourth-order valence-electron chi connectivity index (χ4n) is 2.28. The van der Waals surface area contributed by atoms with Gasteiger partial charge in [-0.05, 0) is 24.4 Å². The topological polar surface area (TPSA) is 24.3 Å². The van der Waals surface area contributed by atoms with Crippen LogP contribution in [0.15, 0.2) is 4.34 Å². The van der Waals surface area contributed by atoms with Gasteiger partial charge >= 0.3 is 0 Å². The number of hydrogen-bond acceptors (Lipinski definition) is 6. The SMILES string of the molecule is CSc1nn(CN2CCN(CC(C)C)CC2)c(=S)s1. The van der Waals surface area contributed by atoms with Crippen LogP contribution < -0.4 is 0 Å². The van der Waals surface area contributed by atoms with Gasteiger partial charge in [-0.15, -0.1) is 0 Å². The van der Waals surface area contributed by atoms with E-state index in [1.165, 1.54) is 6.54 Å². The third kappa shape index (κ3) is 4.53. The molecule has 2 rings (SSSR count). The van der Waals surface area contributed by atoms with Crippen LogP contribution in [0.5, 0.6) is 0 Å². The average Bonchev–Trinajstić information content (AvgIpc) is 2.72. The summed E-state index contributed by atoms with van der Waals surface area (Å²) in [6, 6.07) is 0. The van der Waals surface area contributed by atoms with Crippen molar-refractivity contribution in [3.8, 4) is 0 Å². The van der Waals surface area contributed by atoms with Crippen molar-refractivity contribution in [2.45, 2.75) is 24.9 Å². The molecule has 0 amide bonds. The molecule has 4 nitrogen and oxygen atoms in total. The number of hydrogen-bond donors (Lipinski definition) is 0. The predicted molar refractivity (Wildman–Crippen MR) is 85.6 cm³/mol. The van der Waals surface area contributed by atoms with Crippen molar-refractivity contribution < 1.29 is 0 Å². The Balaban J connectivity index is 1.85. The van der Waals surface area contributed by atoms with E-state index < -0.39 is 0 Å². The molecule has 1 aromatic rings. The maximum absolute atomic E-state index is 5.36. The van der Waals surface area contributed by atoms with Gasteiger partial charge in [0.2, 0.25) is 0 Å². The highest BCUT2D eigenvalue weighted by atomic mass is 32.2. The largest absolute Gasteiger partial charge is 0.301 e. The molecule has 1 aromatic heterocycles. The summed E-state index contributed by atoms with van der Waals surface area (Å²) in [7, 11) is 0. The molecule has 0 atom stereocenters. The highest BCUT2D eigenvalue weighted by Crippen LogP contribution is 2.19. The number of piperazine rings is 1. The second-order valence-corrected chi connectivity index (χ2v) is 7.97. The van der Waals surface area contributed by atoms with Crippen molar-refractivity contribution in [3.05, 3.63) is 3.95 Å². The Morgan fingerprint density at radius 1 is 1.26 bits per heavy atom. The Morgan fingerprint density at radius 3 is 2.42 bits per heavy atom. The minimum Gasteiger partial charge on any atom is -0.301 e. The smallest absolute Gasteiger partial charge is 0.181 e. The van der Waals surface area contributed by atoms with E-state index in [4.69, 9.17) is 12.2 Å². The van der Waals surface area contributed by atoms with Gasteiger partial charge in [0.05, 0.1) is 6.67 Å². The van der Waals surface area contributed by atoms with E-state index in [2.05, 4.69) is 28.7 Å². The molecule has 108 valence electrons. The standard InChI is InChI=1S/C12H22N4S3/c1-10(2)8-14-4-6-15(7-5-14)9-16-12(17)19-11(13-16)18-3/h10H,4-9H2,1-3H3. The quantitative estimate of drug-likeness (QED) is 0.614. The number of aromatic nitrogens is 2. The van der Waals surface area contributed by atoms with E-state index in [0.29, 0.717) is 0 Å². The molecule has 0 spiro atoms. The summed E-state index contributed by atoms with van der Waals surface area (Å²) in [6.45, 7) is 11.2. The Bertz CT molecular complexity index is 446. The Hall–Kier alpha value is 0.0500. The molecule has 0 saturated carbocycles. The van der Waals surface area contributed by atoms with Gasteiger partial charge in [-0.25, -0.2) is 4.68 Å². The first kappa shape index (κ1) is 15.4. The number of thioether (sulfide) groups is 1. The summed E-state index contributed by atoms with van der Waals surface area (Å²) in [5, 5.41) is 4.53. The van der Waals surface area contributed by atoms with E-state index in [9.17, 15) is 0 Å². The van der Waals surface area contributed by atoms with Gasteiger partial charge in [0.15, 0.2) is 8.29 Å². The van der Waals surface area contributed by atoms with Crippen LogP contribution >= 0.6 is 35.3 Å². The van der Waals surface area contributed by atoms with Gasteiger partial charge in [-0.2, -0.15) is 5.10 Å². The molecule has 1 fully saturated rings. The summed E-state index contributed by atoms with van der Waals surface area (Å²) in [5.41, 5.74) is 0. The first-order valence-electron chi connectivity index (χ1n) is 6.65. The van der Waals surface area contributed by atoms with E-state index in [1.807, 2.05) is 10.9 Å². The van der Waals surface area contributed by atoms with Crippen LogP contribution in [0, 0.1) is 9.87 Å². The minimum atomic E-state index is 0.753. The van der Waals surface area contributed by atoms with Gasteiger partial charge in [-0.1, -0.05) is 36.9 Å². The van der Waals surface area contributed by atoms with Gasteiger partial charge in [0, 0.05) is 32.7 Å². The Kier molecular flexibility index (Phi) is 5.83. The van der Waals surface area contributed by atoms with Gasteiger partial charge < -0.3 is 4.90 Å². The highest BCUT2D eigenvalue weighted by Gasteiger charge is 2.18. The van der Waals surface area contributed by atoms with Crippen LogP contribution in [0.4, 0.5) is 0 Å². The van der Waals surface area contributed by atoms with Crippen molar-refractivity contribution in [1.29, 1.82) is 0 Å². The maximum Gasteiger partial charge on any atom is 0.181 e. The van der Waals surface area contributed by atoms with Crippen molar-refractivity contribution in [2.75, 3.05) is 39.0 Å². The third-order valence-electron chi connectivity index (χ3n) is 3.18. The van der Waals surface area contributed by atoms with Gasteiger partial charge in [-0.3, -0.25) is 4.90 Å². The Morgan fingerprint density at radius 2 is 1.89 bits per heavy atom. The Labute approximate surface area is 128 Å². The molecule has 0 aromatic carbocycles. The lowest BCUT2D eigenvalue weighted by Crippen LogP contribution is -2.47. The van der Waals surface area contributed by atoms with Crippen LogP contribution in [0.2, 0.25) is 0 Å². The second kappa shape index (κ2) is 7.17. The van der Waals surface area contributed by atoms with Crippen LogP contribution in [0.3, 0.4) is 0 Å². The highest BCUT2D eigenvalue weighted by molar-refractivity contribution is 8.00. The molecule has 0 bridgehead atoms. The van der Waals surface area contributed by atoms with Crippen LogP contribution in [0.25, 0.3) is 0 Å². The van der Waals surface area contributed by atoms with Crippen LogP contribution in [0.1, 0.15) is 13.8 Å². The van der Waals surface area contributed by atoms with Crippen molar-refractivity contribution >= 4 is 35.3 Å². The van der Waals surface area contributed by atoms with Crippen molar-refractivity contribution in [3.63, 3.8) is 0 Å². The van der Waals surface area contributed by atoms with E-state index in [1.54, 1.807) is 23.1 Å². The summed E-state index contributed by atoms with van der Waals surface area (Å²) in [6.07, 6.45) is 2.04. The molecular formula is C12H22N4S3. The zero-order chi connectivity index (χ0) is 13.8. The summed E-state index contributed by atoms with van der Waals surface area (Å²) in [4.78, 5) is 4.99. The fourth-order valence-corrected chi connectivity index (χ4v) is 4.01. The monoisotopic (exact) mass is 318 g/mol. The lowest BCUT2D eigenvalue weighted by Gasteiger charge is -2.35. The maximum atomic E-state index is 5.36. The zero-order valence-electron chi connectivity index (χ0n) is 11.8. The third-order valence-corrected chi connectivity index (χ3v) is 5.47. The van der Waals surface area contributed by atoms with E-state index >= 15 is 0 Å². The lowest BCUT2D eigenvalue weighted by molar-refractivity contribution is 0.0949. The number of rotatable bonds is 5. The minimum absolute atomic E-state index is 0.753. The molecule has 1 saturated heterocycles. The van der Waals surface area contributed by atoms with Crippen molar-refractivity contribution in [1.82, 2.24) is 19.6 Å². The van der Waals surface area contributed by atoms with E-state index in [0.717, 1.165) is 47.1 Å². The predicted octanol–water partition coefficient (Wildman–Crippen LogP) is 2.63. The molecule has 19 heavy (non-hydrogen) atoms.